The van der Waals surface area contributed by atoms with Gasteiger partial charge in [0.05, 0.1) is 20.6 Å². The van der Waals surface area contributed by atoms with Crippen molar-refractivity contribution in [3.05, 3.63) is 75.6 Å². The molecule has 0 bridgehead atoms. The molecular formula is C25H27ClN4O4. The lowest BCUT2D eigenvalue weighted by Crippen LogP contribution is -2.38. The lowest BCUT2D eigenvalue weighted by atomic mass is 10.0. The number of nitrogens with one attached hydrogen (secondary N) is 2. The minimum Gasteiger partial charge on any atom is -0.493 e. The zero-order chi connectivity index (χ0) is 24.1. The standard InChI is InChI=1S/C25H27ClN4O4/c1-33-21-8-7-16(13-22(21)34-2)9-11-27-25(32)24-18-15-30(12-10-20(18)28-29-24)23(31)14-17-5-3-4-6-19(17)26/h3-8,13H,9-12,14-15H2,1-2H3,(H,27,32)(H,28,29). The van der Waals surface area contributed by atoms with Gasteiger partial charge in [-0.25, -0.2) is 0 Å². The average Bonchev–Trinajstić information content (AvgIpc) is 3.28. The highest BCUT2D eigenvalue weighted by Crippen LogP contribution is 2.27. The van der Waals surface area contributed by atoms with Crippen molar-refractivity contribution in [2.75, 3.05) is 27.3 Å². The Bertz CT molecular complexity index is 1190. The van der Waals surface area contributed by atoms with Crippen LogP contribution in [0.15, 0.2) is 42.5 Å². The van der Waals surface area contributed by atoms with E-state index in [-0.39, 0.29) is 18.2 Å². The van der Waals surface area contributed by atoms with Crippen LogP contribution in [-0.2, 0) is 30.6 Å². The molecule has 1 aliphatic heterocycles. The van der Waals surface area contributed by atoms with E-state index in [2.05, 4.69) is 15.5 Å². The largest absolute Gasteiger partial charge is 0.493 e. The summed E-state index contributed by atoms with van der Waals surface area (Å²) < 4.78 is 10.6. The number of methoxy groups -OCH3 is 2. The van der Waals surface area contributed by atoms with Crippen LogP contribution in [0.5, 0.6) is 11.5 Å². The summed E-state index contributed by atoms with van der Waals surface area (Å²) in [5.41, 5.74) is 3.80. The Morgan fingerprint density at radius 1 is 1.15 bits per heavy atom. The van der Waals surface area contributed by atoms with Crippen LogP contribution in [0, 0.1) is 0 Å². The number of hydrogen-bond acceptors (Lipinski definition) is 5. The van der Waals surface area contributed by atoms with Gasteiger partial charge in [0, 0.05) is 42.3 Å². The van der Waals surface area contributed by atoms with E-state index in [1.807, 2.05) is 36.4 Å². The molecular weight excluding hydrogens is 456 g/mol. The van der Waals surface area contributed by atoms with Gasteiger partial charge < -0.3 is 19.7 Å². The second kappa shape index (κ2) is 10.6. The Hall–Kier alpha value is -3.52. The van der Waals surface area contributed by atoms with Gasteiger partial charge in [0.25, 0.3) is 5.91 Å². The fraction of sp³-hybridized carbons (Fsp3) is 0.320. The summed E-state index contributed by atoms with van der Waals surface area (Å²) in [5, 5.41) is 10.7. The molecule has 1 aromatic heterocycles. The molecule has 0 spiro atoms. The van der Waals surface area contributed by atoms with Gasteiger partial charge in [-0.3, -0.25) is 14.7 Å². The van der Waals surface area contributed by atoms with E-state index in [1.165, 1.54) is 0 Å². The first-order valence-electron chi connectivity index (χ1n) is 11.1. The summed E-state index contributed by atoms with van der Waals surface area (Å²) in [6.45, 7) is 1.34. The highest BCUT2D eigenvalue weighted by Gasteiger charge is 2.28. The van der Waals surface area contributed by atoms with Crippen molar-refractivity contribution in [2.45, 2.75) is 25.8 Å². The monoisotopic (exact) mass is 482 g/mol. The third-order valence-electron chi connectivity index (χ3n) is 5.95. The van der Waals surface area contributed by atoms with Crippen molar-refractivity contribution in [2.24, 2.45) is 0 Å². The maximum absolute atomic E-state index is 12.9. The Morgan fingerprint density at radius 2 is 1.94 bits per heavy atom. The third-order valence-corrected chi connectivity index (χ3v) is 6.32. The van der Waals surface area contributed by atoms with Crippen molar-refractivity contribution in [1.82, 2.24) is 20.4 Å². The Balaban J connectivity index is 1.37. The van der Waals surface area contributed by atoms with Gasteiger partial charge >= 0.3 is 0 Å². The van der Waals surface area contributed by atoms with Crippen molar-refractivity contribution in [1.29, 1.82) is 0 Å². The van der Waals surface area contributed by atoms with Crippen molar-refractivity contribution < 1.29 is 19.1 Å². The second-order valence-corrected chi connectivity index (χ2v) is 8.47. The summed E-state index contributed by atoms with van der Waals surface area (Å²) in [6, 6.07) is 13.0. The van der Waals surface area contributed by atoms with E-state index in [0.717, 1.165) is 22.4 Å². The molecule has 0 aliphatic carbocycles. The number of aromatic amines is 1. The van der Waals surface area contributed by atoms with Gasteiger partial charge in [0.2, 0.25) is 5.91 Å². The molecule has 8 nitrogen and oxygen atoms in total. The predicted octanol–water partition coefficient (Wildman–Crippen LogP) is 3.18. The lowest BCUT2D eigenvalue weighted by Gasteiger charge is -2.27. The number of benzene rings is 2. The number of nitrogens with zero attached hydrogens (tertiary/aromatic N) is 2. The number of fused-ring (bicyclic) bond motifs is 1. The van der Waals surface area contributed by atoms with Crippen LogP contribution in [0.1, 0.15) is 32.9 Å². The first-order valence-corrected chi connectivity index (χ1v) is 11.4. The van der Waals surface area contributed by atoms with E-state index in [4.69, 9.17) is 21.1 Å². The average molecular weight is 483 g/mol. The van der Waals surface area contributed by atoms with E-state index in [9.17, 15) is 9.59 Å². The third kappa shape index (κ3) is 5.17. The first kappa shape index (κ1) is 23.6. The molecule has 0 unspecified atom stereocenters. The maximum Gasteiger partial charge on any atom is 0.272 e. The Labute approximate surface area is 203 Å². The highest BCUT2D eigenvalue weighted by molar-refractivity contribution is 6.31. The molecule has 2 amide bonds. The van der Waals surface area contributed by atoms with Gasteiger partial charge in [-0.1, -0.05) is 35.9 Å². The Kier molecular flexibility index (Phi) is 7.37. The number of amides is 2. The molecule has 3 aromatic rings. The summed E-state index contributed by atoms with van der Waals surface area (Å²) in [7, 11) is 3.18. The normalized spacial score (nSPS) is 12.7. The number of ether oxygens (including phenoxy) is 2. The summed E-state index contributed by atoms with van der Waals surface area (Å²) in [5.74, 6) is 1.01. The predicted molar refractivity (Wildman–Crippen MR) is 128 cm³/mol. The molecule has 0 saturated carbocycles. The van der Waals surface area contributed by atoms with Crippen LogP contribution in [-0.4, -0.2) is 54.2 Å². The molecule has 0 radical (unpaired) electrons. The zero-order valence-electron chi connectivity index (χ0n) is 19.2. The van der Waals surface area contributed by atoms with Gasteiger partial charge in [0.15, 0.2) is 17.2 Å². The van der Waals surface area contributed by atoms with Crippen LogP contribution >= 0.6 is 11.6 Å². The van der Waals surface area contributed by atoms with Crippen molar-refractivity contribution in [3.8, 4) is 11.5 Å². The minimum atomic E-state index is -0.265. The SMILES string of the molecule is COc1ccc(CCNC(=O)c2n[nH]c3c2CN(C(=O)Cc2ccccc2Cl)CC3)cc1OC. The molecule has 0 atom stereocenters. The molecule has 2 heterocycles. The summed E-state index contributed by atoms with van der Waals surface area (Å²) in [6.07, 6.45) is 1.47. The highest BCUT2D eigenvalue weighted by atomic mass is 35.5. The molecule has 1 aliphatic rings. The molecule has 4 rings (SSSR count). The number of carbonyl (C=O) groups excluding carboxylic acids is 2. The number of H-pyrrole nitrogens is 1. The number of aromatic nitrogens is 2. The van der Waals surface area contributed by atoms with Gasteiger partial charge in [-0.15, -0.1) is 0 Å². The quantitative estimate of drug-likeness (QED) is 0.514. The van der Waals surface area contributed by atoms with E-state index in [1.54, 1.807) is 25.2 Å². The molecule has 2 N–H and O–H groups in total. The lowest BCUT2D eigenvalue weighted by molar-refractivity contribution is -0.131. The van der Waals surface area contributed by atoms with Crippen LogP contribution in [0.25, 0.3) is 0 Å². The van der Waals surface area contributed by atoms with E-state index < -0.39 is 0 Å². The number of rotatable bonds is 8. The van der Waals surface area contributed by atoms with E-state index >= 15 is 0 Å². The van der Waals surface area contributed by atoms with Crippen LogP contribution in [0.3, 0.4) is 0 Å². The molecule has 9 heteroatoms. The van der Waals surface area contributed by atoms with Crippen molar-refractivity contribution in [3.63, 3.8) is 0 Å². The minimum absolute atomic E-state index is 0.0280. The molecule has 178 valence electrons. The topological polar surface area (TPSA) is 96.5 Å². The van der Waals surface area contributed by atoms with Crippen molar-refractivity contribution >= 4 is 23.4 Å². The fourth-order valence-corrected chi connectivity index (χ4v) is 4.26. The van der Waals surface area contributed by atoms with Crippen LogP contribution < -0.4 is 14.8 Å². The summed E-state index contributed by atoms with van der Waals surface area (Å²) >= 11 is 6.21. The smallest absolute Gasteiger partial charge is 0.272 e. The molecule has 0 saturated heterocycles. The first-order chi connectivity index (χ1) is 16.5. The maximum atomic E-state index is 12.9. The van der Waals surface area contributed by atoms with Gasteiger partial charge in [0.1, 0.15) is 0 Å². The van der Waals surface area contributed by atoms with Gasteiger partial charge in [-0.05, 0) is 35.7 Å². The number of halogens is 1. The molecule has 34 heavy (non-hydrogen) atoms. The van der Waals surface area contributed by atoms with Crippen LogP contribution in [0.2, 0.25) is 5.02 Å². The fourth-order valence-electron chi connectivity index (χ4n) is 4.05. The molecule has 0 fully saturated rings. The zero-order valence-corrected chi connectivity index (χ0v) is 19.9. The second-order valence-electron chi connectivity index (χ2n) is 8.06. The summed E-state index contributed by atoms with van der Waals surface area (Å²) in [4.78, 5) is 27.5. The van der Waals surface area contributed by atoms with Gasteiger partial charge in [-0.2, -0.15) is 5.10 Å². The van der Waals surface area contributed by atoms with Crippen LogP contribution in [0.4, 0.5) is 0 Å². The van der Waals surface area contributed by atoms with E-state index in [0.29, 0.717) is 54.7 Å². The number of carbonyl (C=O) groups is 2. The Morgan fingerprint density at radius 3 is 2.71 bits per heavy atom. The molecule has 2 aromatic carbocycles. The number of hydrogen-bond donors (Lipinski definition) is 2.